The van der Waals surface area contributed by atoms with Crippen LogP contribution in [0.15, 0.2) is 39.5 Å². The van der Waals surface area contributed by atoms with Gasteiger partial charge >= 0.3 is 8.25 Å². The Morgan fingerprint density at radius 2 is 1.77 bits per heavy atom. The van der Waals surface area contributed by atoms with Crippen molar-refractivity contribution in [1.29, 1.82) is 0 Å². The molecule has 4 N–H and O–H groups in total. The van der Waals surface area contributed by atoms with Crippen molar-refractivity contribution in [2.75, 3.05) is 7.11 Å². The third-order valence-electron chi connectivity index (χ3n) is 3.52. The zero-order chi connectivity index (χ0) is 19.0. The average Bonchev–Trinajstić information content (AvgIpc) is 2.59. The number of benzene rings is 2. The molecule has 0 aliphatic rings. The summed E-state index contributed by atoms with van der Waals surface area (Å²) in [5.74, 6) is -2.55. The number of fused-ring (bicyclic) bond motifs is 1. The van der Waals surface area contributed by atoms with Crippen LogP contribution >= 0.6 is 8.25 Å². The van der Waals surface area contributed by atoms with Crippen LogP contribution in [0.1, 0.15) is 0 Å². The lowest BCUT2D eigenvalue weighted by atomic mass is 10.1. The Kier molecular flexibility index (Phi) is 4.50. The first-order valence-electron chi connectivity index (χ1n) is 7.12. The minimum absolute atomic E-state index is 0.114. The fourth-order valence-electron chi connectivity index (χ4n) is 2.34. The van der Waals surface area contributed by atoms with E-state index in [1.165, 1.54) is 18.2 Å². The summed E-state index contributed by atoms with van der Waals surface area (Å²) in [5.41, 5.74) is -0.968. The quantitative estimate of drug-likeness (QED) is 0.502. The highest BCUT2D eigenvalue weighted by Crippen LogP contribution is 2.40. The van der Waals surface area contributed by atoms with Crippen LogP contribution in [0.5, 0.6) is 28.7 Å². The first-order valence-corrected chi connectivity index (χ1v) is 8.35. The third-order valence-corrected chi connectivity index (χ3v) is 4.24. The van der Waals surface area contributed by atoms with Gasteiger partial charge in [0.1, 0.15) is 22.5 Å². The lowest BCUT2D eigenvalue weighted by molar-refractivity contribution is 0.341. The van der Waals surface area contributed by atoms with E-state index >= 15 is 0 Å². The van der Waals surface area contributed by atoms with Crippen molar-refractivity contribution in [2.24, 2.45) is 0 Å². The molecule has 0 aliphatic heterocycles. The second-order valence-electron chi connectivity index (χ2n) is 5.19. The third kappa shape index (κ3) is 3.05. The Labute approximate surface area is 146 Å². The molecule has 136 valence electrons. The minimum atomic E-state index is -2.90. The molecule has 0 saturated carbocycles. The van der Waals surface area contributed by atoms with Gasteiger partial charge in [0.05, 0.1) is 0 Å². The van der Waals surface area contributed by atoms with Crippen LogP contribution in [0.4, 0.5) is 0 Å². The standard InChI is InChI=1S/C16H13O9P/c1-23-26(22)25-11-4-7(2-3-9(11)18)16-15(21)14(20)13-10(19)5-8(17)6-12(13)24-16/h2-6,17-19,21,26H,1H3. The molecule has 0 aliphatic carbocycles. The van der Waals surface area contributed by atoms with Crippen molar-refractivity contribution < 1.29 is 38.5 Å². The second-order valence-corrected chi connectivity index (χ2v) is 6.30. The minimum Gasteiger partial charge on any atom is -0.508 e. The predicted molar refractivity (Wildman–Crippen MR) is 91.2 cm³/mol. The molecule has 0 bridgehead atoms. The number of rotatable bonds is 4. The molecule has 3 rings (SSSR count). The first-order chi connectivity index (χ1) is 12.3. The lowest BCUT2D eigenvalue weighted by Gasteiger charge is -2.10. The van der Waals surface area contributed by atoms with Crippen molar-refractivity contribution in [3.05, 3.63) is 40.6 Å². The molecular formula is C16H13O9P. The summed E-state index contributed by atoms with van der Waals surface area (Å²) < 4.78 is 26.3. The van der Waals surface area contributed by atoms with Gasteiger partial charge in [-0.05, 0) is 18.2 Å². The summed E-state index contributed by atoms with van der Waals surface area (Å²) in [6.07, 6.45) is 0. The van der Waals surface area contributed by atoms with E-state index < -0.39 is 25.2 Å². The Bertz CT molecular complexity index is 1090. The van der Waals surface area contributed by atoms with Crippen molar-refractivity contribution in [2.45, 2.75) is 0 Å². The molecule has 0 fully saturated rings. The monoisotopic (exact) mass is 380 g/mol. The Morgan fingerprint density at radius 3 is 2.46 bits per heavy atom. The molecule has 0 saturated heterocycles. The molecule has 0 radical (unpaired) electrons. The molecule has 26 heavy (non-hydrogen) atoms. The van der Waals surface area contributed by atoms with Crippen LogP contribution in [0.3, 0.4) is 0 Å². The van der Waals surface area contributed by atoms with Crippen LogP contribution < -0.4 is 9.95 Å². The van der Waals surface area contributed by atoms with Crippen LogP contribution in [-0.4, -0.2) is 27.5 Å². The fourth-order valence-corrected chi connectivity index (χ4v) is 2.77. The van der Waals surface area contributed by atoms with E-state index in [9.17, 15) is 29.8 Å². The molecule has 0 amide bonds. The largest absolute Gasteiger partial charge is 0.508 e. The summed E-state index contributed by atoms with van der Waals surface area (Å²) in [4.78, 5) is 12.3. The topological polar surface area (TPSA) is 147 Å². The molecule has 1 heterocycles. The average molecular weight is 380 g/mol. The first kappa shape index (κ1) is 17.7. The normalized spacial score (nSPS) is 12.2. The molecule has 2 aromatic carbocycles. The Hall–Kier alpha value is -3.16. The van der Waals surface area contributed by atoms with E-state index in [4.69, 9.17) is 8.94 Å². The predicted octanol–water partition coefficient (Wildman–Crippen LogP) is 2.70. The van der Waals surface area contributed by atoms with Gasteiger partial charge in [0.25, 0.3) is 0 Å². The van der Waals surface area contributed by atoms with E-state index in [2.05, 4.69) is 4.52 Å². The number of hydrogen-bond donors (Lipinski definition) is 4. The SMILES string of the molecule is CO[PH](=O)Oc1cc(-c2oc3cc(O)cc(O)c3c(=O)c2O)ccc1O. The van der Waals surface area contributed by atoms with E-state index in [1.54, 1.807) is 0 Å². The lowest BCUT2D eigenvalue weighted by Crippen LogP contribution is -2.03. The zero-order valence-electron chi connectivity index (χ0n) is 13.2. The summed E-state index contributed by atoms with van der Waals surface area (Å²) in [7, 11) is -1.73. The maximum Gasteiger partial charge on any atom is 0.367 e. The molecule has 0 spiro atoms. The highest BCUT2D eigenvalue weighted by molar-refractivity contribution is 7.33. The van der Waals surface area contributed by atoms with Gasteiger partial charge in [0, 0.05) is 24.8 Å². The van der Waals surface area contributed by atoms with E-state index in [-0.39, 0.29) is 39.5 Å². The molecule has 9 nitrogen and oxygen atoms in total. The summed E-state index contributed by atoms with van der Waals surface area (Å²) in [6, 6.07) is 5.72. The maximum atomic E-state index is 12.3. The van der Waals surface area contributed by atoms with Crippen LogP contribution in [-0.2, 0) is 9.09 Å². The highest BCUT2D eigenvalue weighted by atomic mass is 31.1. The molecule has 10 heteroatoms. The van der Waals surface area contributed by atoms with Crippen molar-refractivity contribution in [3.8, 4) is 40.1 Å². The van der Waals surface area contributed by atoms with Gasteiger partial charge in [0.15, 0.2) is 17.3 Å². The Balaban J connectivity index is 2.23. The highest BCUT2D eigenvalue weighted by Gasteiger charge is 2.20. The van der Waals surface area contributed by atoms with E-state index in [0.29, 0.717) is 0 Å². The van der Waals surface area contributed by atoms with Crippen LogP contribution in [0.25, 0.3) is 22.3 Å². The van der Waals surface area contributed by atoms with Gasteiger partial charge in [0.2, 0.25) is 11.2 Å². The smallest absolute Gasteiger partial charge is 0.367 e. The van der Waals surface area contributed by atoms with E-state index in [1.807, 2.05) is 0 Å². The van der Waals surface area contributed by atoms with Crippen LogP contribution in [0, 0.1) is 0 Å². The van der Waals surface area contributed by atoms with Gasteiger partial charge in [-0.1, -0.05) is 0 Å². The second kappa shape index (κ2) is 6.62. The molecule has 1 unspecified atom stereocenters. The van der Waals surface area contributed by atoms with Gasteiger partial charge in [-0.3, -0.25) is 4.79 Å². The van der Waals surface area contributed by atoms with Crippen molar-refractivity contribution in [1.82, 2.24) is 0 Å². The van der Waals surface area contributed by atoms with E-state index in [0.717, 1.165) is 19.2 Å². The zero-order valence-corrected chi connectivity index (χ0v) is 14.2. The summed E-state index contributed by atoms with van der Waals surface area (Å²) in [6.45, 7) is 0. The summed E-state index contributed by atoms with van der Waals surface area (Å²) in [5, 5.41) is 39.0. The van der Waals surface area contributed by atoms with Crippen molar-refractivity contribution >= 4 is 19.2 Å². The number of aromatic hydroxyl groups is 4. The van der Waals surface area contributed by atoms with Crippen LogP contribution in [0.2, 0.25) is 0 Å². The maximum absolute atomic E-state index is 12.3. The number of phenolic OH excluding ortho intramolecular Hbond substituents is 3. The van der Waals surface area contributed by atoms with Crippen molar-refractivity contribution in [3.63, 3.8) is 0 Å². The van der Waals surface area contributed by atoms with Gasteiger partial charge in [-0.15, -0.1) is 0 Å². The van der Waals surface area contributed by atoms with Gasteiger partial charge in [-0.2, -0.15) is 0 Å². The molecule has 1 aromatic heterocycles. The van der Waals surface area contributed by atoms with Gasteiger partial charge < -0.3 is 33.9 Å². The van der Waals surface area contributed by atoms with Gasteiger partial charge in [-0.25, -0.2) is 4.57 Å². The fraction of sp³-hybridized carbons (Fsp3) is 0.0625. The number of hydrogen-bond acceptors (Lipinski definition) is 9. The molecular weight excluding hydrogens is 367 g/mol. The Morgan fingerprint density at radius 1 is 1.04 bits per heavy atom. The number of phenols is 3. The molecule has 1 atom stereocenters. The summed E-state index contributed by atoms with van der Waals surface area (Å²) >= 11 is 0. The molecule has 3 aromatic rings.